The van der Waals surface area contributed by atoms with Gasteiger partial charge in [0.25, 0.3) is 0 Å². The number of benzene rings is 5. The van der Waals surface area contributed by atoms with Gasteiger partial charge in [0.1, 0.15) is 5.75 Å². The molecule has 9 rings (SSSR count). The quantitative estimate of drug-likeness (QED) is 0.113. The molecule has 9 nitrogen and oxygen atoms in total. The van der Waals surface area contributed by atoms with Gasteiger partial charge >= 0.3 is 0 Å². The fourth-order valence-corrected chi connectivity index (χ4v) is 9.27. The molecule has 5 aromatic carbocycles. The molecule has 268 valence electrons. The molecule has 4 amide bonds. The van der Waals surface area contributed by atoms with Gasteiger partial charge in [-0.3, -0.25) is 29.0 Å². The normalized spacial score (nSPS) is 24.5. The summed E-state index contributed by atoms with van der Waals surface area (Å²) in [6.45, 7) is 0. The molecule has 2 saturated heterocycles. The summed E-state index contributed by atoms with van der Waals surface area (Å²) in [5.74, 6) is -5.26. The van der Waals surface area contributed by atoms with Gasteiger partial charge < -0.3 is 15.7 Å². The number of para-hydroxylation sites is 2. The smallest absolute Gasteiger partial charge is 0.238 e. The number of phenols is 1. The number of nitrogens with zero attached hydrogens (tertiary/aromatic N) is 2. The summed E-state index contributed by atoms with van der Waals surface area (Å²) in [7, 11) is 0. The fourth-order valence-electron chi connectivity index (χ4n) is 8.98. The van der Waals surface area contributed by atoms with Crippen LogP contribution in [0.5, 0.6) is 5.75 Å². The maximum atomic E-state index is 14.5. The zero-order valence-electron chi connectivity index (χ0n) is 28.9. The van der Waals surface area contributed by atoms with Crippen molar-refractivity contribution < 1.29 is 24.3 Å². The topological polar surface area (TPSA) is 119 Å². The van der Waals surface area contributed by atoms with Gasteiger partial charge in [0.15, 0.2) is 0 Å². The summed E-state index contributed by atoms with van der Waals surface area (Å²) in [6.07, 6.45) is 2.55. The molecule has 5 aromatic rings. The third-order valence-electron chi connectivity index (χ3n) is 11.3. The molecule has 0 unspecified atom stereocenters. The molecule has 10 heteroatoms. The minimum absolute atomic E-state index is 0.0257. The van der Waals surface area contributed by atoms with Crippen LogP contribution in [-0.2, 0) is 19.2 Å². The minimum Gasteiger partial charge on any atom is -0.508 e. The predicted molar refractivity (Wildman–Crippen MR) is 208 cm³/mol. The van der Waals surface area contributed by atoms with Crippen molar-refractivity contribution in [3.8, 4) is 5.75 Å². The Kier molecular flexibility index (Phi) is 8.31. The monoisotopic (exact) mass is 734 g/mol. The number of fused-ring (bicyclic) bond motifs is 4. The van der Waals surface area contributed by atoms with Crippen molar-refractivity contribution in [3.63, 3.8) is 0 Å². The number of phenolic OH excluding ortho intramolecular Hbond substituents is 1. The van der Waals surface area contributed by atoms with E-state index in [1.165, 1.54) is 21.9 Å². The van der Waals surface area contributed by atoms with E-state index in [0.717, 1.165) is 28.3 Å². The molecule has 0 spiro atoms. The molecule has 2 heterocycles. The second-order valence-electron chi connectivity index (χ2n) is 14.3. The van der Waals surface area contributed by atoms with Crippen molar-refractivity contribution in [1.82, 2.24) is 0 Å². The lowest BCUT2D eigenvalue weighted by Gasteiger charge is -2.44. The number of carbonyl (C=O) groups excluding carboxylic acids is 4. The van der Waals surface area contributed by atoms with Gasteiger partial charge in [-0.25, -0.2) is 0 Å². The highest BCUT2D eigenvalue weighted by atomic mass is 35.5. The average Bonchev–Trinajstić information content (AvgIpc) is 3.59. The molecule has 3 N–H and O–H groups in total. The molecule has 0 radical (unpaired) electrons. The number of aromatic hydroxyl groups is 1. The van der Waals surface area contributed by atoms with Gasteiger partial charge in [0, 0.05) is 33.7 Å². The molecule has 2 aliphatic heterocycles. The maximum Gasteiger partial charge on any atom is 0.238 e. The number of anilines is 6. The van der Waals surface area contributed by atoms with E-state index in [1.807, 2.05) is 91.0 Å². The lowest BCUT2D eigenvalue weighted by molar-refractivity contribution is -0.126. The molecular formula is C44H35ClN4O5. The van der Waals surface area contributed by atoms with E-state index in [-0.39, 0.29) is 40.8 Å². The Morgan fingerprint density at radius 1 is 0.556 bits per heavy atom. The van der Waals surface area contributed by atoms with Crippen molar-refractivity contribution >= 4 is 69.4 Å². The van der Waals surface area contributed by atoms with Crippen LogP contribution in [0.15, 0.2) is 139 Å². The van der Waals surface area contributed by atoms with Crippen LogP contribution in [0, 0.1) is 29.6 Å². The fraction of sp³-hybridized carbons (Fsp3) is 0.182. The van der Waals surface area contributed by atoms with Crippen LogP contribution >= 0.6 is 11.6 Å². The Balaban J connectivity index is 1.04. The number of carbonyl (C=O) groups is 4. The number of hydrogen-bond donors (Lipinski definition) is 3. The van der Waals surface area contributed by atoms with Crippen molar-refractivity contribution in [2.75, 3.05) is 20.4 Å². The average molecular weight is 735 g/mol. The van der Waals surface area contributed by atoms with Crippen LogP contribution in [0.2, 0.25) is 5.02 Å². The Morgan fingerprint density at radius 3 is 1.59 bits per heavy atom. The lowest BCUT2D eigenvalue weighted by atomic mass is 9.57. The number of halogens is 1. The molecular weight excluding hydrogens is 700 g/mol. The molecule has 6 atom stereocenters. The second-order valence-corrected chi connectivity index (χ2v) is 14.7. The highest BCUT2D eigenvalue weighted by Crippen LogP contribution is 2.59. The Bertz CT molecular complexity index is 2330. The summed E-state index contributed by atoms with van der Waals surface area (Å²) in [4.78, 5) is 60.0. The number of hydrogen-bond acceptors (Lipinski definition) is 7. The molecule has 4 aliphatic rings. The standard InChI is InChI=1S/C44H35ClN4O5/c45-37-23-31(50)19-20-33(37)38-32-21-22-34-39(43(53)48(41(34)51)29-15-11-27(12-16-29)46-25-7-3-1-4-8-25)35(32)24-36-40(38)44(54)49(42(36)52)30-17-13-28(14-18-30)47-26-9-5-2-6-10-26/h1-21,23,34-36,38-40,46-47,50H,22,24H2/t34-,35+,36+,38+,39-,40+/m0/s1. The molecule has 1 saturated carbocycles. The van der Waals surface area contributed by atoms with Crippen LogP contribution in [0.4, 0.5) is 34.1 Å². The summed E-state index contributed by atoms with van der Waals surface area (Å²) < 4.78 is 0. The van der Waals surface area contributed by atoms with E-state index < -0.39 is 35.5 Å². The summed E-state index contributed by atoms with van der Waals surface area (Å²) in [5, 5.41) is 17.2. The van der Waals surface area contributed by atoms with Gasteiger partial charge in [0.05, 0.1) is 35.0 Å². The van der Waals surface area contributed by atoms with Crippen LogP contribution < -0.4 is 20.4 Å². The highest BCUT2D eigenvalue weighted by Gasteiger charge is 2.62. The van der Waals surface area contributed by atoms with Crippen molar-refractivity contribution in [2.24, 2.45) is 29.6 Å². The first kappa shape index (κ1) is 33.6. The zero-order chi connectivity index (χ0) is 37.1. The Hall–Kier alpha value is -6.19. The number of rotatable bonds is 7. The summed E-state index contributed by atoms with van der Waals surface area (Å²) in [5.41, 5.74) is 5.80. The number of nitrogens with one attached hydrogen (secondary N) is 2. The molecule has 54 heavy (non-hydrogen) atoms. The van der Waals surface area contributed by atoms with Gasteiger partial charge in [-0.05, 0) is 109 Å². The maximum absolute atomic E-state index is 14.5. The molecule has 0 bridgehead atoms. The predicted octanol–water partition coefficient (Wildman–Crippen LogP) is 8.58. The van der Waals surface area contributed by atoms with Gasteiger partial charge in [-0.15, -0.1) is 0 Å². The van der Waals surface area contributed by atoms with Gasteiger partial charge in [-0.1, -0.05) is 65.7 Å². The van der Waals surface area contributed by atoms with Crippen molar-refractivity contribution in [3.05, 3.63) is 150 Å². The first-order valence-corrected chi connectivity index (χ1v) is 18.4. The van der Waals surface area contributed by atoms with Gasteiger partial charge in [0.2, 0.25) is 23.6 Å². The highest BCUT2D eigenvalue weighted by molar-refractivity contribution is 6.32. The number of amides is 4. The van der Waals surface area contributed by atoms with Crippen LogP contribution in [0.1, 0.15) is 24.3 Å². The third kappa shape index (κ3) is 5.63. The van der Waals surface area contributed by atoms with Crippen LogP contribution in [0.3, 0.4) is 0 Å². The largest absolute Gasteiger partial charge is 0.508 e. The van der Waals surface area contributed by atoms with E-state index in [9.17, 15) is 24.3 Å². The first-order valence-electron chi connectivity index (χ1n) is 18.0. The number of allylic oxidation sites excluding steroid dienone is 2. The lowest BCUT2D eigenvalue weighted by Crippen LogP contribution is -2.43. The Morgan fingerprint density at radius 2 is 1.06 bits per heavy atom. The third-order valence-corrected chi connectivity index (χ3v) is 11.7. The molecule has 2 aliphatic carbocycles. The van der Waals surface area contributed by atoms with Gasteiger partial charge in [-0.2, -0.15) is 0 Å². The SMILES string of the molecule is O=C1[C@H]2[C@H](CC=C3[C@H]2C[C@H]2C(=O)N(c4ccc(Nc5ccccc5)cc4)C(=O)[C@H]2[C@H]3c2ccc(O)cc2Cl)C(=O)N1c1ccc(Nc2ccccc2)cc1. The zero-order valence-corrected chi connectivity index (χ0v) is 29.7. The van der Waals surface area contributed by atoms with E-state index in [1.54, 1.807) is 30.3 Å². The van der Waals surface area contributed by atoms with Crippen LogP contribution in [0.25, 0.3) is 0 Å². The van der Waals surface area contributed by atoms with Crippen LogP contribution in [-0.4, -0.2) is 28.7 Å². The van der Waals surface area contributed by atoms with Crippen molar-refractivity contribution in [2.45, 2.75) is 18.8 Å². The van der Waals surface area contributed by atoms with E-state index >= 15 is 0 Å². The summed E-state index contributed by atoms with van der Waals surface area (Å²) >= 11 is 6.80. The first-order chi connectivity index (χ1) is 26.3. The molecule has 3 fully saturated rings. The Labute approximate surface area is 316 Å². The second kappa shape index (κ2) is 13.3. The minimum atomic E-state index is -0.784. The van der Waals surface area contributed by atoms with Crippen molar-refractivity contribution in [1.29, 1.82) is 0 Å². The molecule has 0 aromatic heterocycles. The summed E-state index contributed by atoms with van der Waals surface area (Å²) in [6, 6.07) is 38.4. The van der Waals surface area contributed by atoms with E-state index in [0.29, 0.717) is 23.4 Å². The number of imide groups is 2. The van der Waals surface area contributed by atoms with E-state index in [4.69, 9.17) is 11.6 Å². The van der Waals surface area contributed by atoms with E-state index in [2.05, 4.69) is 10.6 Å².